The maximum atomic E-state index is 15.6. The van der Waals surface area contributed by atoms with Crippen LogP contribution in [-0.4, -0.2) is 73.9 Å². The summed E-state index contributed by atoms with van der Waals surface area (Å²) >= 11 is 0. The number of piperazine rings is 1. The molecule has 2 aliphatic rings. The third kappa shape index (κ3) is 6.72. The second-order valence-electron chi connectivity index (χ2n) is 11.6. The summed E-state index contributed by atoms with van der Waals surface area (Å²) in [6.45, 7) is 3.78. The van der Waals surface area contributed by atoms with Gasteiger partial charge in [-0.3, -0.25) is 14.5 Å². The lowest BCUT2D eigenvalue weighted by atomic mass is 9.97. The number of amides is 2. The van der Waals surface area contributed by atoms with Crippen molar-refractivity contribution in [3.63, 3.8) is 0 Å². The minimum atomic E-state index is -3.08. The number of halogens is 2. The van der Waals surface area contributed by atoms with Crippen molar-refractivity contribution >= 4 is 28.8 Å². The van der Waals surface area contributed by atoms with Gasteiger partial charge in [0.1, 0.15) is 0 Å². The van der Waals surface area contributed by atoms with E-state index in [1.807, 2.05) is 48.5 Å². The van der Waals surface area contributed by atoms with Crippen LogP contribution in [0.1, 0.15) is 32.7 Å². The molecule has 0 aliphatic carbocycles. The highest BCUT2D eigenvalue weighted by atomic mass is 19.3. The minimum Gasteiger partial charge on any atom is -0.322 e. The molecular weight excluding hydrogens is 570 g/mol. The Balaban J connectivity index is 1.21. The molecule has 1 saturated heterocycles. The van der Waals surface area contributed by atoms with Crippen LogP contribution in [0.2, 0.25) is 0 Å². The van der Waals surface area contributed by atoms with Gasteiger partial charge in [0.15, 0.2) is 0 Å². The Hall–Kier alpha value is -4.66. The minimum absolute atomic E-state index is 0.0267. The van der Waals surface area contributed by atoms with E-state index in [-0.39, 0.29) is 23.9 Å². The third-order valence-electron chi connectivity index (χ3n) is 8.57. The number of rotatable bonds is 6. The zero-order valence-corrected chi connectivity index (χ0v) is 25.3. The molecule has 2 heterocycles. The van der Waals surface area contributed by atoms with E-state index in [1.54, 1.807) is 60.7 Å². The van der Waals surface area contributed by atoms with Crippen molar-refractivity contribution < 1.29 is 18.4 Å². The number of anilines is 2. The smallest absolute Gasteiger partial charge is 0.275 e. The number of nitrogens with zero attached hydrogens (tertiary/aromatic N) is 3. The van der Waals surface area contributed by atoms with E-state index in [0.717, 1.165) is 37.3 Å². The van der Waals surface area contributed by atoms with Crippen molar-refractivity contribution in [1.82, 2.24) is 9.80 Å². The van der Waals surface area contributed by atoms with Gasteiger partial charge in [0.05, 0.1) is 5.69 Å². The van der Waals surface area contributed by atoms with Gasteiger partial charge in [-0.25, -0.2) is 8.78 Å². The third-order valence-corrected chi connectivity index (χ3v) is 8.57. The van der Waals surface area contributed by atoms with Crippen molar-refractivity contribution in [3.8, 4) is 11.1 Å². The van der Waals surface area contributed by atoms with Crippen LogP contribution in [0.4, 0.5) is 20.2 Å². The molecule has 2 aliphatic heterocycles. The molecule has 230 valence electrons. The van der Waals surface area contributed by atoms with Gasteiger partial charge in [-0.2, -0.15) is 0 Å². The molecule has 45 heavy (non-hydrogen) atoms. The Kier molecular flexibility index (Phi) is 8.87. The first kappa shape index (κ1) is 30.4. The molecule has 1 N–H and O–H groups in total. The van der Waals surface area contributed by atoms with E-state index in [9.17, 15) is 9.59 Å². The highest BCUT2D eigenvalue weighted by molar-refractivity contribution is 6.10. The predicted molar refractivity (Wildman–Crippen MR) is 176 cm³/mol. The Labute approximate surface area is 262 Å². The quantitative estimate of drug-likeness (QED) is 0.259. The molecule has 6 rings (SSSR count). The average Bonchev–Trinajstić information content (AvgIpc) is 3.18. The van der Waals surface area contributed by atoms with Gasteiger partial charge in [0.25, 0.3) is 17.7 Å². The summed E-state index contributed by atoms with van der Waals surface area (Å²) in [7, 11) is 2.06. The summed E-state index contributed by atoms with van der Waals surface area (Å²) in [5.41, 5.74) is 3.98. The summed E-state index contributed by atoms with van der Waals surface area (Å²) in [4.78, 5) is 32.9. The summed E-state index contributed by atoms with van der Waals surface area (Å²) in [6, 6.07) is 30.6. The number of alkyl halides is 2. The highest BCUT2D eigenvalue weighted by Crippen LogP contribution is 2.43. The summed E-state index contributed by atoms with van der Waals surface area (Å²) in [5.74, 6) is -3.72. The first-order chi connectivity index (χ1) is 21.8. The Bertz CT molecular complexity index is 1700. The fourth-order valence-corrected chi connectivity index (χ4v) is 5.96. The topological polar surface area (TPSA) is 55.9 Å². The summed E-state index contributed by atoms with van der Waals surface area (Å²) in [5, 5.41) is 2.92. The van der Waals surface area contributed by atoms with Gasteiger partial charge in [0.2, 0.25) is 0 Å². The molecule has 8 heteroatoms. The molecule has 4 aromatic rings. The van der Waals surface area contributed by atoms with E-state index >= 15 is 8.78 Å². The molecule has 0 radical (unpaired) electrons. The van der Waals surface area contributed by atoms with Crippen LogP contribution in [0.15, 0.2) is 109 Å². The molecule has 4 aromatic carbocycles. The van der Waals surface area contributed by atoms with Crippen molar-refractivity contribution in [2.45, 2.75) is 12.3 Å². The lowest BCUT2D eigenvalue weighted by Crippen LogP contribution is -2.44. The number of fused-ring (bicyclic) bond motifs is 1. The van der Waals surface area contributed by atoms with E-state index in [0.29, 0.717) is 34.6 Å². The van der Waals surface area contributed by atoms with Crippen molar-refractivity contribution in [2.75, 3.05) is 56.5 Å². The number of allylic oxidation sites excluding steroid dienone is 1. The van der Waals surface area contributed by atoms with Crippen molar-refractivity contribution in [3.05, 3.63) is 126 Å². The normalized spacial score (nSPS) is 17.8. The molecule has 0 aromatic heterocycles. The van der Waals surface area contributed by atoms with Gasteiger partial charge in [0, 0.05) is 73.6 Å². The maximum Gasteiger partial charge on any atom is 0.275 e. The second-order valence-corrected chi connectivity index (χ2v) is 11.6. The molecule has 0 unspecified atom stereocenters. The largest absolute Gasteiger partial charge is 0.322 e. The van der Waals surface area contributed by atoms with E-state index in [2.05, 4.69) is 22.2 Å². The monoisotopic (exact) mass is 606 g/mol. The van der Waals surface area contributed by atoms with Crippen molar-refractivity contribution in [1.29, 1.82) is 0 Å². The van der Waals surface area contributed by atoms with Gasteiger partial charge in [-0.15, -0.1) is 0 Å². The lowest BCUT2D eigenvalue weighted by molar-refractivity contribution is 0.0596. The number of likely N-dealkylation sites (N-methyl/N-ethyl adjacent to an activating group) is 1. The highest BCUT2D eigenvalue weighted by Gasteiger charge is 2.41. The molecule has 0 bridgehead atoms. The summed E-state index contributed by atoms with van der Waals surface area (Å²) in [6.07, 6.45) is 1.17. The fourth-order valence-electron chi connectivity index (χ4n) is 5.96. The van der Waals surface area contributed by atoms with Gasteiger partial charge < -0.3 is 15.1 Å². The average molecular weight is 607 g/mol. The van der Waals surface area contributed by atoms with E-state index in [4.69, 9.17) is 0 Å². The molecule has 6 nitrogen and oxygen atoms in total. The predicted octanol–water partition coefficient (Wildman–Crippen LogP) is 6.92. The molecule has 2 amide bonds. The number of carbonyl (C=O) groups is 2. The molecule has 0 saturated carbocycles. The maximum absolute atomic E-state index is 15.6. The zero-order chi connectivity index (χ0) is 31.4. The Morgan fingerprint density at radius 1 is 0.778 bits per heavy atom. The number of carbonyl (C=O) groups excluding carboxylic acids is 2. The number of para-hydroxylation sites is 1. The number of hydrogen-bond acceptors (Lipinski definition) is 4. The van der Waals surface area contributed by atoms with Crippen molar-refractivity contribution in [2.24, 2.45) is 0 Å². The molecule has 0 spiro atoms. The lowest BCUT2D eigenvalue weighted by Gasteiger charge is -2.32. The number of benzene rings is 4. The standard InChI is InChI=1S/C37H36F2N4O2/c1-41-23-25-42(26-24-41)21-19-33-32-13-7-8-14-34(32)43(22-20-37(33,38)39)36(45)28-15-17-29(18-16-28)40-35(44)31-12-6-5-11-30(31)27-9-3-2-4-10-27/h2-19H,20-26H2,1H3,(H,40,44)/b33-19-. The first-order valence-corrected chi connectivity index (χ1v) is 15.3. The first-order valence-electron chi connectivity index (χ1n) is 15.3. The van der Waals surface area contributed by atoms with E-state index in [1.165, 1.54) is 4.90 Å². The van der Waals surface area contributed by atoms with Crippen LogP contribution in [0, 0.1) is 0 Å². The molecular formula is C37H36F2N4O2. The summed E-state index contributed by atoms with van der Waals surface area (Å²) < 4.78 is 31.3. The number of nitrogens with one attached hydrogen (secondary N) is 1. The Morgan fingerprint density at radius 3 is 2.16 bits per heavy atom. The SMILES string of the molecule is CN1CCN(C/C=C2/c3ccccc3N(C(=O)c3ccc(NC(=O)c4ccccc4-c4ccccc4)cc3)CCC2(F)F)CC1. The second kappa shape index (κ2) is 13.1. The van der Waals surface area contributed by atoms with Crippen LogP contribution in [0.3, 0.4) is 0 Å². The van der Waals surface area contributed by atoms with Crippen LogP contribution in [-0.2, 0) is 0 Å². The zero-order valence-electron chi connectivity index (χ0n) is 25.3. The van der Waals surface area contributed by atoms with Gasteiger partial charge in [-0.1, -0.05) is 72.8 Å². The fraction of sp³-hybridized carbons (Fsp3) is 0.243. The Morgan fingerprint density at radius 2 is 1.42 bits per heavy atom. The van der Waals surface area contributed by atoms with Crippen LogP contribution in [0.5, 0.6) is 0 Å². The van der Waals surface area contributed by atoms with Crippen LogP contribution >= 0.6 is 0 Å². The van der Waals surface area contributed by atoms with Crippen LogP contribution < -0.4 is 10.2 Å². The van der Waals surface area contributed by atoms with E-state index < -0.39 is 12.3 Å². The van der Waals surface area contributed by atoms with Gasteiger partial charge >= 0.3 is 0 Å². The van der Waals surface area contributed by atoms with Gasteiger partial charge in [-0.05, 0) is 54.6 Å². The number of hydrogen-bond donors (Lipinski definition) is 1. The van der Waals surface area contributed by atoms with Crippen LogP contribution in [0.25, 0.3) is 16.7 Å². The molecule has 1 fully saturated rings. The molecule has 0 atom stereocenters.